The molecule has 26 heavy (non-hydrogen) atoms. The van der Waals surface area contributed by atoms with Gasteiger partial charge in [0, 0.05) is 33.0 Å². The van der Waals surface area contributed by atoms with Gasteiger partial charge >= 0.3 is 5.69 Å². The Bertz CT molecular complexity index is 920. The van der Waals surface area contributed by atoms with Crippen molar-refractivity contribution < 1.29 is 9.59 Å². The number of unbranched alkanes of at least 4 members (excludes halogenated alkanes) is 2. The lowest BCUT2D eigenvalue weighted by Gasteiger charge is -2.09. The van der Waals surface area contributed by atoms with E-state index in [-0.39, 0.29) is 22.8 Å². The van der Waals surface area contributed by atoms with E-state index in [2.05, 4.69) is 4.98 Å². The molecule has 2 aromatic heterocycles. The van der Waals surface area contributed by atoms with Gasteiger partial charge in [-0.1, -0.05) is 6.42 Å². The number of carbonyl (C=O) groups excluding carboxylic acids is 2. The summed E-state index contributed by atoms with van der Waals surface area (Å²) in [5, 5.41) is 0. The molecule has 0 aliphatic heterocycles. The summed E-state index contributed by atoms with van der Waals surface area (Å²) in [6.07, 6.45) is 5.33. The molecule has 0 atom stereocenters. The molecule has 0 aliphatic rings. The van der Waals surface area contributed by atoms with Crippen molar-refractivity contribution in [2.24, 2.45) is 7.05 Å². The number of hydrogen-bond donors (Lipinski definition) is 0. The number of aryl methyl sites for hydroxylation is 2. The lowest BCUT2D eigenvalue weighted by Crippen LogP contribution is -2.39. The van der Waals surface area contributed by atoms with Crippen molar-refractivity contribution in [1.29, 1.82) is 0 Å². The Morgan fingerprint density at radius 2 is 1.62 bits per heavy atom. The summed E-state index contributed by atoms with van der Waals surface area (Å²) in [5.41, 5.74) is 0.00749. The molecule has 0 unspecified atom stereocenters. The Labute approximate surface area is 151 Å². The Morgan fingerprint density at radius 3 is 2.27 bits per heavy atom. The van der Waals surface area contributed by atoms with Crippen molar-refractivity contribution in [2.45, 2.75) is 65.5 Å². The average Bonchev–Trinajstić information content (AvgIpc) is 2.99. The molecule has 0 saturated carbocycles. The van der Waals surface area contributed by atoms with Gasteiger partial charge in [-0.05, 0) is 33.1 Å². The first kappa shape index (κ1) is 19.8. The molecule has 0 radical (unpaired) electrons. The van der Waals surface area contributed by atoms with E-state index in [4.69, 9.17) is 0 Å². The van der Waals surface area contributed by atoms with Gasteiger partial charge in [0.1, 0.15) is 11.6 Å². The van der Waals surface area contributed by atoms with E-state index in [1.165, 1.54) is 16.1 Å². The van der Waals surface area contributed by atoms with E-state index in [9.17, 15) is 19.2 Å². The van der Waals surface area contributed by atoms with E-state index in [1.807, 2.05) is 0 Å². The van der Waals surface area contributed by atoms with E-state index in [1.54, 1.807) is 24.9 Å². The highest BCUT2D eigenvalue weighted by Crippen LogP contribution is 2.08. The Kier molecular flexibility index (Phi) is 6.65. The highest BCUT2D eigenvalue weighted by Gasteiger charge is 2.16. The number of ketones is 2. The van der Waals surface area contributed by atoms with Crippen LogP contribution in [0.2, 0.25) is 0 Å². The fourth-order valence-corrected chi connectivity index (χ4v) is 3.01. The normalized spacial score (nSPS) is 11.2. The van der Waals surface area contributed by atoms with Crippen molar-refractivity contribution in [3.63, 3.8) is 0 Å². The molecule has 0 amide bonds. The molecule has 0 spiro atoms. The van der Waals surface area contributed by atoms with Gasteiger partial charge in [-0.15, -0.1) is 0 Å². The SMILES string of the molecule is CC(=O)CCCCCn1c(=O)c2c(ncn2CCCC(C)=O)n(C)c1=O. The number of fused-ring (bicyclic) bond motifs is 1. The minimum Gasteiger partial charge on any atom is -0.325 e. The lowest BCUT2D eigenvalue weighted by molar-refractivity contribution is -0.118. The van der Waals surface area contributed by atoms with Gasteiger partial charge in [-0.3, -0.25) is 13.9 Å². The third kappa shape index (κ3) is 4.56. The minimum absolute atomic E-state index is 0.102. The van der Waals surface area contributed by atoms with Gasteiger partial charge in [0.05, 0.1) is 6.33 Å². The number of nitrogens with zero attached hydrogens (tertiary/aromatic N) is 4. The molecule has 2 rings (SSSR count). The zero-order chi connectivity index (χ0) is 19.3. The zero-order valence-electron chi connectivity index (χ0n) is 15.7. The number of imidazole rings is 1. The van der Waals surface area contributed by atoms with Crippen LogP contribution in [0.1, 0.15) is 52.4 Å². The van der Waals surface area contributed by atoms with Crippen molar-refractivity contribution in [1.82, 2.24) is 18.7 Å². The van der Waals surface area contributed by atoms with Crippen LogP contribution in [0.25, 0.3) is 11.2 Å². The highest BCUT2D eigenvalue weighted by atomic mass is 16.2. The quantitative estimate of drug-likeness (QED) is 0.596. The number of aromatic nitrogens is 4. The Balaban J connectivity index is 2.24. The molecule has 0 aliphatic carbocycles. The molecule has 0 bridgehead atoms. The van der Waals surface area contributed by atoms with Gasteiger partial charge in [-0.25, -0.2) is 9.78 Å². The van der Waals surface area contributed by atoms with Gasteiger partial charge < -0.3 is 14.2 Å². The summed E-state index contributed by atoms with van der Waals surface area (Å²) in [5.74, 6) is 0.249. The number of carbonyl (C=O) groups is 2. The molecule has 8 nitrogen and oxygen atoms in total. The van der Waals surface area contributed by atoms with Gasteiger partial charge in [0.15, 0.2) is 11.2 Å². The first-order valence-corrected chi connectivity index (χ1v) is 8.96. The molecule has 142 valence electrons. The van der Waals surface area contributed by atoms with Crippen LogP contribution >= 0.6 is 0 Å². The summed E-state index contributed by atoms with van der Waals surface area (Å²) in [4.78, 5) is 51.6. The standard InChI is InChI=1S/C18H26N4O4/c1-13(23)8-5-4-6-11-22-17(25)15-16(20(3)18(22)26)19-12-21(15)10-7-9-14(2)24/h12H,4-11H2,1-3H3. The van der Waals surface area contributed by atoms with Crippen LogP contribution in [0, 0.1) is 0 Å². The van der Waals surface area contributed by atoms with Gasteiger partial charge in [-0.2, -0.15) is 0 Å². The monoisotopic (exact) mass is 362 g/mol. The second-order valence-corrected chi connectivity index (χ2v) is 6.73. The Morgan fingerprint density at radius 1 is 0.962 bits per heavy atom. The molecule has 2 aromatic rings. The summed E-state index contributed by atoms with van der Waals surface area (Å²) in [6, 6.07) is 0. The van der Waals surface area contributed by atoms with E-state index < -0.39 is 0 Å². The van der Waals surface area contributed by atoms with Crippen LogP contribution < -0.4 is 11.2 Å². The van der Waals surface area contributed by atoms with Crippen molar-refractivity contribution >= 4 is 22.7 Å². The molecule has 8 heteroatoms. The van der Waals surface area contributed by atoms with E-state index in [0.29, 0.717) is 49.9 Å². The van der Waals surface area contributed by atoms with Crippen molar-refractivity contribution in [2.75, 3.05) is 0 Å². The largest absolute Gasteiger partial charge is 0.332 e. The maximum Gasteiger partial charge on any atom is 0.332 e. The fraction of sp³-hybridized carbons (Fsp3) is 0.611. The maximum absolute atomic E-state index is 12.8. The van der Waals surface area contributed by atoms with E-state index >= 15 is 0 Å². The smallest absolute Gasteiger partial charge is 0.325 e. The third-order valence-corrected chi connectivity index (χ3v) is 4.44. The summed E-state index contributed by atoms with van der Waals surface area (Å²) in [7, 11) is 1.60. The van der Waals surface area contributed by atoms with Crippen LogP contribution in [0.3, 0.4) is 0 Å². The van der Waals surface area contributed by atoms with Crippen LogP contribution in [-0.4, -0.2) is 30.3 Å². The summed E-state index contributed by atoms with van der Waals surface area (Å²) >= 11 is 0. The first-order chi connectivity index (χ1) is 12.3. The summed E-state index contributed by atoms with van der Waals surface area (Å²) < 4.78 is 4.33. The van der Waals surface area contributed by atoms with Crippen molar-refractivity contribution in [3.05, 3.63) is 27.2 Å². The molecule has 0 fully saturated rings. The van der Waals surface area contributed by atoms with Crippen LogP contribution in [0.15, 0.2) is 15.9 Å². The molecular weight excluding hydrogens is 336 g/mol. The third-order valence-electron chi connectivity index (χ3n) is 4.44. The second kappa shape index (κ2) is 8.73. The lowest BCUT2D eigenvalue weighted by atomic mass is 10.1. The molecule has 0 aromatic carbocycles. The van der Waals surface area contributed by atoms with Crippen LogP contribution in [0.5, 0.6) is 0 Å². The summed E-state index contributed by atoms with van der Waals surface area (Å²) in [6.45, 7) is 3.91. The first-order valence-electron chi connectivity index (χ1n) is 8.96. The number of hydrogen-bond acceptors (Lipinski definition) is 5. The number of Topliss-reactive ketones (excluding diaryl/α,β-unsaturated/α-hetero) is 2. The van der Waals surface area contributed by atoms with E-state index in [0.717, 1.165) is 12.8 Å². The molecule has 0 saturated heterocycles. The topological polar surface area (TPSA) is 96.0 Å². The predicted octanol–water partition coefficient (Wildman–Crippen LogP) is 1.42. The Hall–Kier alpha value is -2.51. The van der Waals surface area contributed by atoms with Crippen LogP contribution in [0.4, 0.5) is 0 Å². The zero-order valence-corrected chi connectivity index (χ0v) is 15.7. The van der Waals surface area contributed by atoms with Gasteiger partial charge in [0.25, 0.3) is 5.56 Å². The van der Waals surface area contributed by atoms with Gasteiger partial charge in [0.2, 0.25) is 0 Å². The average molecular weight is 362 g/mol. The fourth-order valence-electron chi connectivity index (χ4n) is 3.01. The predicted molar refractivity (Wildman–Crippen MR) is 98.3 cm³/mol. The van der Waals surface area contributed by atoms with Crippen LogP contribution in [-0.2, 0) is 29.7 Å². The molecular formula is C18H26N4O4. The maximum atomic E-state index is 12.8. The molecule has 2 heterocycles. The second-order valence-electron chi connectivity index (χ2n) is 6.73. The van der Waals surface area contributed by atoms with Crippen molar-refractivity contribution in [3.8, 4) is 0 Å². The number of rotatable bonds is 10. The highest BCUT2D eigenvalue weighted by molar-refractivity contribution is 5.75. The molecule has 0 N–H and O–H groups in total. The minimum atomic E-state index is -0.386.